The smallest absolute Gasteiger partial charge is 0.0727 e. The quantitative estimate of drug-likeness (QED) is 0.673. The maximum absolute atomic E-state index is 5.44. The molecule has 1 aromatic carbocycles. The summed E-state index contributed by atoms with van der Waals surface area (Å²) in [7, 11) is 0. The summed E-state index contributed by atoms with van der Waals surface area (Å²) in [5.74, 6) is 0.729. The van der Waals surface area contributed by atoms with E-state index in [0.29, 0.717) is 0 Å². The highest BCUT2D eigenvalue weighted by Crippen LogP contribution is 2.24. The van der Waals surface area contributed by atoms with Crippen LogP contribution in [0.3, 0.4) is 0 Å². The minimum absolute atomic E-state index is 0.729. The van der Waals surface area contributed by atoms with Crippen LogP contribution in [0.2, 0.25) is 0 Å². The van der Waals surface area contributed by atoms with Crippen LogP contribution in [0.25, 0.3) is 0 Å². The number of ether oxygens (including phenoxy) is 1. The number of hydrogen-bond acceptors (Lipinski definition) is 1. The van der Waals surface area contributed by atoms with Gasteiger partial charge >= 0.3 is 0 Å². The van der Waals surface area contributed by atoms with Gasteiger partial charge in [-0.25, -0.2) is 0 Å². The van der Waals surface area contributed by atoms with Crippen molar-refractivity contribution in [3.05, 3.63) is 34.9 Å². The molecule has 0 aromatic heterocycles. The molecule has 0 fully saturated rings. The van der Waals surface area contributed by atoms with E-state index in [9.17, 15) is 0 Å². The number of hydrogen-bond donors (Lipinski definition) is 0. The van der Waals surface area contributed by atoms with E-state index in [4.69, 9.17) is 4.74 Å². The first-order valence-corrected chi connectivity index (χ1v) is 4.94. The Labute approximate surface area is 79.7 Å². The maximum Gasteiger partial charge on any atom is 0.0727 e. The lowest BCUT2D eigenvalue weighted by Gasteiger charge is -2.08. The van der Waals surface area contributed by atoms with Crippen LogP contribution in [0, 0.1) is 5.92 Å². The van der Waals surface area contributed by atoms with Crippen molar-refractivity contribution in [2.24, 2.45) is 5.92 Å². The second kappa shape index (κ2) is 3.51. The van der Waals surface area contributed by atoms with E-state index >= 15 is 0 Å². The summed E-state index contributed by atoms with van der Waals surface area (Å²) >= 11 is 0. The lowest BCUT2D eigenvalue weighted by Crippen LogP contribution is -1.98. The fraction of sp³-hybridized carbons (Fsp3) is 0.500. The predicted octanol–water partition coefficient (Wildman–Crippen LogP) is 2.92. The molecule has 1 aromatic rings. The molecule has 1 aliphatic rings. The van der Waals surface area contributed by atoms with E-state index in [0.717, 1.165) is 19.1 Å². The van der Waals surface area contributed by atoms with Crippen molar-refractivity contribution in [2.75, 3.05) is 0 Å². The molecule has 13 heavy (non-hydrogen) atoms. The van der Waals surface area contributed by atoms with Gasteiger partial charge in [0.05, 0.1) is 13.2 Å². The van der Waals surface area contributed by atoms with Gasteiger partial charge < -0.3 is 4.74 Å². The average Bonchev–Trinajstić information content (AvgIpc) is 2.51. The van der Waals surface area contributed by atoms with Gasteiger partial charge in [-0.1, -0.05) is 32.0 Å². The van der Waals surface area contributed by atoms with Gasteiger partial charge in [0.2, 0.25) is 0 Å². The summed E-state index contributed by atoms with van der Waals surface area (Å²) < 4.78 is 5.44. The summed E-state index contributed by atoms with van der Waals surface area (Å²) in [6.07, 6.45) is 1.17. The molecule has 1 heterocycles. The molecular formula is C12H16O. The standard InChI is InChI=1S/C12H16O/c1-9(2)6-10-4-3-5-11-7-13-8-12(10)11/h3-5,9H,6-8H2,1-2H3. The highest BCUT2D eigenvalue weighted by molar-refractivity contribution is 5.36. The molecule has 70 valence electrons. The molecule has 0 spiro atoms. The molecule has 0 unspecified atom stereocenters. The molecule has 0 N–H and O–H groups in total. The first kappa shape index (κ1) is 8.76. The van der Waals surface area contributed by atoms with Crippen LogP contribution < -0.4 is 0 Å². The molecule has 0 amide bonds. The van der Waals surface area contributed by atoms with E-state index in [-0.39, 0.29) is 0 Å². The Morgan fingerprint density at radius 2 is 2.15 bits per heavy atom. The third-order valence-electron chi connectivity index (χ3n) is 2.50. The van der Waals surface area contributed by atoms with Crippen LogP contribution in [-0.4, -0.2) is 0 Å². The highest BCUT2D eigenvalue weighted by Gasteiger charge is 2.14. The third-order valence-corrected chi connectivity index (χ3v) is 2.50. The Balaban J connectivity index is 2.30. The molecule has 0 saturated heterocycles. The van der Waals surface area contributed by atoms with Crippen molar-refractivity contribution in [3.63, 3.8) is 0 Å². The van der Waals surface area contributed by atoms with Crippen LogP contribution in [-0.2, 0) is 24.4 Å². The van der Waals surface area contributed by atoms with Gasteiger partial charge in [0.15, 0.2) is 0 Å². The lowest BCUT2D eigenvalue weighted by molar-refractivity contribution is 0.134. The average molecular weight is 176 g/mol. The zero-order valence-corrected chi connectivity index (χ0v) is 8.34. The van der Waals surface area contributed by atoms with Gasteiger partial charge in [0, 0.05) is 0 Å². The van der Waals surface area contributed by atoms with Crippen molar-refractivity contribution in [2.45, 2.75) is 33.5 Å². The Morgan fingerprint density at radius 1 is 1.31 bits per heavy atom. The fourth-order valence-corrected chi connectivity index (χ4v) is 1.90. The fourth-order valence-electron chi connectivity index (χ4n) is 1.90. The predicted molar refractivity (Wildman–Crippen MR) is 53.5 cm³/mol. The van der Waals surface area contributed by atoms with Crippen molar-refractivity contribution in [1.29, 1.82) is 0 Å². The summed E-state index contributed by atoms with van der Waals surface area (Å²) in [6, 6.07) is 6.55. The molecule has 0 saturated carbocycles. The summed E-state index contributed by atoms with van der Waals surface area (Å²) in [6.45, 7) is 6.14. The molecule has 2 rings (SSSR count). The Morgan fingerprint density at radius 3 is 2.92 bits per heavy atom. The van der Waals surface area contributed by atoms with E-state index in [1.165, 1.54) is 23.1 Å². The number of rotatable bonds is 2. The maximum atomic E-state index is 5.44. The van der Waals surface area contributed by atoms with E-state index in [1.54, 1.807) is 0 Å². The summed E-state index contributed by atoms with van der Waals surface area (Å²) in [5.41, 5.74) is 4.30. The molecule has 1 nitrogen and oxygen atoms in total. The normalized spacial score (nSPS) is 15.0. The van der Waals surface area contributed by atoms with Crippen LogP contribution >= 0.6 is 0 Å². The van der Waals surface area contributed by atoms with Crippen LogP contribution in [0.4, 0.5) is 0 Å². The Bertz CT molecular complexity index is 302. The highest BCUT2D eigenvalue weighted by atomic mass is 16.5. The topological polar surface area (TPSA) is 9.23 Å². The molecule has 0 bridgehead atoms. The minimum atomic E-state index is 0.729. The second-order valence-electron chi connectivity index (χ2n) is 4.15. The van der Waals surface area contributed by atoms with E-state index in [1.807, 2.05) is 0 Å². The zero-order valence-electron chi connectivity index (χ0n) is 8.34. The molecule has 1 aliphatic heterocycles. The van der Waals surface area contributed by atoms with Gasteiger partial charge in [-0.2, -0.15) is 0 Å². The third kappa shape index (κ3) is 1.75. The SMILES string of the molecule is CC(C)Cc1cccc2c1COC2. The van der Waals surface area contributed by atoms with Gasteiger partial charge in [0.1, 0.15) is 0 Å². The molecular weight excluding hydrogens is 160 g/mol. The molecule has 1 heteroatoms. The van der Waals surface area contributed by atoms with Crippen molar-refractivity contribution in [3.8, 4) is 0 Å². The molecule has 0 atom stereocenters. The van der Waals surface area contributed by atoms with Crippen molar-refractivity contribution in [1.82, 2.24) is 0 Å². The first-order chi connectivity index (χ1) is 6.27. The minimum Gasteiger partial charge on any atom is -0.372 e. The van der Waals surface area contributed by atoms with Gasteiger partial charge in [-0.15, -0.1) is 0 Å². The Hall–Kier alpha value is -0.820. The summed E-state index contributed by atoms with van der Waals surface area (Å²) in [4.78, 5) is 0. The van der Waals surface area contributed by atoms with Gasteiger partial charge in [-0.3, -0.25) is 0 Å². The van der Waals surface area contributed by atoms with Crippen LogP contribution in [0.1, 0.15) is 30.5 Å². The number of benzene rings is 1. The second-order valence-corrected chi connectivity index (χ2v) is 4.15. The summed E-state index contributed by atoms with van der Waals surface area (Å²) in [5, 5.41) is 0. The lowest BCUT2D eigenvalue weighted by atomic mass is 9.96. The van der Waals surface area contributed by atoms with E-state index in [2.05, 4.69) is 32.0 Å². The molecule has 0 aliphatic carbocycles. The molecule has 0 radical (unpaired) electrons. The van der Waals surface area contributed by atoms with Gasteiger partial charge in [-0.05, 0) is 29.0 Å². The van der Waals surface area contributed by atoms with Crippen molar-refractivity contribution < 1.29 is 4.74 Å². The van der Waals surface area contributed by atoms with Gasteiger partial charge in [0.25, 0.3) is 0 Å². The van der Waals surface area contributed by atoms with E-state index < -0.39 is 0 Å². The van der Waals surface area contributed by atoms with Crippen LogP contribution in [0.15, 0.2) is 18.2 Å². The van der Waals surface area contributed by atoms with Crippen LogP contribution in [0.5, 0.6) is 0 Å². The number of fused-ring (bicyclic) bond motifs is 1. The van der Waals surface area contributed by atoms with Crippen molar-refractivity contribution >= 4 is 0 Å². The monoisotopic (exact) mass is 176 g/mol. The Kier molecular flexibility index (Phi) is 2.36. The largest absolute Gasteiger partial charge is 0.372 e. The zero-order chi connectivity index (χ0) is 9.26. The first-order valence-electron chi connectivity index (χ1n) is 4.94.